The van der Waals surface area contributed by atoms with Gasteiger partial charge in [0.15, 0.2) is 26.4 Å². The smallest absolute Gasteiger partial charge is 0.222 e. The first-order valence-corrected chi connectivity index (χ1v) is 12.4. The van der Waals surface area contributed by atoms with Gasteiger partial charge in [0.1, 0.15) is 23.7 Å². The summed E-state index contributed by atoms with van der Waals surface area (Å²) >= 11 is 0. The molecular formula is C22H24N4O5S. The van der Waals surface area contributed by atoms with Gasteiger partial charge in [0, 0.05) is 43.4 Å². The van der Waals surface area contributed by atoms with Crippen LogP contribution < -0.4 is 14.8 Å². The van der Waals surface area contributed by atoms with E-state index < -0.39 is 9.84 Å². The lowest BCUT2D eigenvalue weighted by Crippen LogP contribution is -2.42. The number of carbonyl (C=O) groups is 1. The van der Waals surface area contributed by atoms with Crippen LogP contribution in [-0.2, 0) is 21.7 Å². The highest BCUT2D eigenvalue weighted by Crippen LogP contribution is 2.46. The van der Waals surface area contributed by atoms with Crippen LogP contribution in [0.2, 0.25) is 0 Å². The van der Waals surface area contributed by atoms with Crippen molar-refractivity contribution in [3.63, 3.8) is 0 Å². The predicted octanol–water partition coefficient (Wildman–Crippen LogP) is 3.08. The maximum Gasteiger partial charge on any atom is 0.222 e. The van der Waals surface area contributed by atoms with E-state index in [-0.39, 0.29) is 23.1 Å². The summed E-state index contributed by atoms with van der Waals surface area (Å²) in [5.74, 6) is 1.01. The third-order valence-corrected chi connectivity index (χ3v) is 6.89. The van der Waals surface area contributed by atoms with Gasteiger partial charge in [-0.3, -0.25) is 4.79 Å². The fourth-order valence-electron chi connectivity index (χ4n) is 4.42. The molecule has 0 spiro atoms. The van der Waals surface area contributed by atoms with Gasteiger partial charge in [-0.1, -0.05) is 0 Å². The molecule has 2 atom stereocenters. The van der Waals surface area contributed by atoms with Crippen molar-refractivity contribution >= 4 is 32.5 Å². The summed E-state index contributed by atoms with van der Waals surface area (Å²) in [5.41, 5.74) is 1.88. The van der Waals surface area contributed by atoms with Crippen molar-refractivity contribution in [2.75, 3.05) is 11.6 Å². The molecule has 2 unspecified atom stereocenters. The number of aryl methyl sites for hydroxylation is 1. The normalized spacial score (nSPS) is 20.1. The zero-order chi connectivity index (χ0) is 22.6. The van der Waals surface area contributed by atoms with Crippen LogP contribution in [0.4, 0.5) is 5.82 Å². The monoisotopic (exact) mass is 456 g/mol. The number of sulfone groups is 1. The second-order valence-electron chi connectivity index (χ2n) is 8.43. The highest BCUT2D eigenvalue weighted by molar-refractivity contribution is 7.90. The average molecular weight is 457 g/mol. The highest BCUT2D eigenvalue weighted by atomic mass is 32.2. The Bertz CT molecular complexity index is 1350. The van der Waals surface area contributed by atoms with E-state index in [4.69, 9.17) is 9.47 Å². The molecule has 168 valence electrons. The van der Waals surface area contributed by atoms with Crippen LogP contribution in [0.5, 0.6) is 11.5 Å². The van der Waals surface area contributed by atoms with E-state index in [2.05, 4.69) is 15.3 Å². The van der Waals surface area contributed by atoms with Gasteiger partial charge in [-0.05, 0) is 31.7 Å². The Morgan fingerprint density at radius 1 is 1.19 bits per heavy atom. The van der Waals surface area contributed by atoms with Crippen LogP contribution in [0.1, 0.15) is 32.6 Å². The Morgan fingerprint density at radius 2 is 1.91 bits per heavy atom. The molecule has 10 heteroatoms. The molecule has 3 aromatic rings. The number of amides is 1. The summed E-state index contributed by atoms with van der Waals surface area (Å²) < 4.78 is 39.3. The summed E-state index contributed by atoms with van der Waals surface area (Å²) in [5, 5.41) is 3.38. The second kappa shape index (κ2) is 7.47. The number of hydrogen-bond donors (Lipinski definition) is 1. The third kappa shape index (κ3) is 3.58. The quantitative estimate of drug-likeness (QED) is 0.644. The number of rotatable bonds is 3. The van der Waals surface area contributed by atoms with Crippen LogP contribution in [0.15, 0.2) is 29.6 Å². The van der Waals surface area contributed by atoms with E-state index in [0.717, 1.165) is 42.8 Å². The van der Waals surface area contributed by atoms with Crippen molar-refractivity contribution in [3.05, 3.63) is 24.5 Å². The number of carbonyl (C=O) groups excluding carboxylic acids is 1. The molecule has 3 aromatic heterocycles. The predicted molar refractivity (Wildman–Crippen MR) is 119 cm³/mol. The molecule has 0 saturated heterocycles. The van der Waals surface area contributed by atoms with Crippen molar-refractivity contribution in [1.82, 2.24) is 14.5 Å². The highest BCUT2D eigenvalue weighted by Gasteiger charge is 2.37. The number of nitrogens with one attached hydrogen (secondary N) is 1. The Labute approximate surface area is 185 Å². The molecule has 1 aliphatic heterocycles. The Kier molecular flexibility index (Phi) is 4.85. The van der Waals surface area contributed by atoms with Crippen molar-refractivity contribution in [3.8, 4) is 22.8 Å². The maximum absolute atomic E-state index is 12.4. The van der Waals surface area contributed by atoms with E-state index in [1.165, 1.54) is 13.0 Å². The number of fused-ring (bicyclic) bond motifs is 3. The molecule has 1 N–H and O–H groups in total. The molecule has 2 aliphatic rings. The topological polar surface area (TPSA) is 112 Å². The van der Waals surface area contributed by atoms with Crippen LogP contribution in [0.25, 0.3) is 22.2 Å². The third-order valence-electron chi connectivity index (χ3n) is 5.92. The minimum atomic E-state index is -3.59. The van der Waals surface area contributed by atoms with Gasteiger partial charge >= 0.3 is 0 Å². The zero-order valence-corrected chi connectivity index (χ0v) is 18.9. The van der Waals surface area contributed by atoms with Crippen molar-refractivity contribution < 1.29 is 22.7 Å². The van der Waals surface area contributed by atoms with Gasteiger partial charge in [-0.25, -0.2) is 18.4 Å². The van der Waals surface area contributed by atoms with E-state index >= 15 is 0 Å². The van der Waals surface area contributed by atoms with Crippen LogP contribution in [0.3, 0.4) is 0 Å². The summed E-state index contributed by atoms with van der Waals surface area (Å²) in [7, 11) is -1.72. The fraction of sp³-hybridized carbons (Fsp3) is 0.409. The minimum Gasteiger partial charge on any atom is -0.482 e. The number of nitrogens with zero attached hydrogens (tertiary/aromatic N) is 3. The SMILES string of the molecule is CC(=O)Nc1cc2c(-c3nc(S(C)(=O)=O)cc4c3OC3CCCCC3O4)cn(C)c2cn1. The fourth-order valence-corrected chi connectivity index (χ4v) is 5.00. The van der Waals surface area contributed by atoms with Crippen LogP contribution in [0, 0.1) is 0 Å². The number of ether oxygens (including phenoxy) is 2. The molecule has 1 aliphatic carbocycles. The van der Waals surface area contributed by atoms with E-state index in [1.54, 1.807) is 12.3 Å². The molecule has 0 aromatic carbocycles. The van der Waals surface area contributed by atoms with E-state index in [1.807, 2.05) is 17.8 Å². The van der Waals surface area contributed by atoms with Crippen molar-refractivity contribution in [2.24, 2.45) is 7.05 Å². The molecule has 1 amide bonds. The van der Waals surface area contributed by atoms with Gasteiger partial charge in [0.05, 0.1) is 11.7 Å². The number of pyridine rings is 2. The second-order valence-corrected chi connectivity index (χ2v) is 10.4. The molecule has 32 heavy (non-hydrogen) atoms. The van der Waals surface area contributed by atoms with Gasteiger partial charge in [0.25, 0.3) is 0 Å². The molecule has 1 saturated carbocycles. The lowest BCUT2D eigenvalue weighted by atomic mass is 9.93. The van der Waals surface area contributed by atoms with Gasteiger partial charge in [-0.15, -0.1) is 0 Å². The molecule has 1 fully saturated rings. The molecule has 4 heterocycles. The van der Waals surface area contributed by atoms with Gasteiger partial charge in [0.2, 0.25) is 5.91 Å². The van der Waals surface area contributed by atoms with Gasteiger partial charge < -0.3 is 19.4 Å². The zero-order valence-electron chi connectivity index (χ0n) is 18.1. The van der Waals surface area contributed by atoms with Crippen molar-refractivity contribution in [2.45, 2.75) is 49.8 Å². The summed E-state index contributed by atoms with van der Waals surface area (Å²) in [4.78, 5) is 20.3. The Hall–Kier alpha value is -3.14. The maximum atomic E-state index is 12.4. The molecule has 0 bridgehead atoms. The van der Waals surface area contributed by atoms with Gasteiger partial charge in [-0.2, -0.15) is 0 Å². The number of aromatic nitrogens is 3. The van der Waals surface area contributed by atoms with Crippen LogP contribution in [-0.4, -0.2) is 47.3 Å². The first-order chi connectivity index (χ1) is 15.2. The summed E-state index contributed by atoms with van der Waals surface area (Å²) in [6.07, 6.45) is 8.32. The number of hydrogen-bond acceptors (Lipinski definition) is 7. The Balaban J connectivity index is 1.74. The lowest BCUT2D eigenvalue weighted by Gasteiger charge is -2.37. The van der Waals surface area contributed by atoms with E-state index in [0.29, 0.717) is 28.6 Å². The molecule has 9 nitrogen and oxygen atoms in total. The molecular weight excluding hydrogens is 432 g/mol. The van der Waals surface area contributed by atoms with Crippen LogP contribution >= 0.6 is 0 Å². The average Bonchev–Trinajstić information content (AvgIpc) is 3.06. The first kappa shape index (κ1) is 20.7. The largest absolute Gasteiger partial charge is 0.482 e. The minimum absolute atomic E-state index is 0.0720. The number of anilines is 1. The molecule has 0 radical (unpaired) electrons. The standard InChI is InChI=1S/C22H24N4O5S/c1-12(27)24-19-8-13-14(11-26(2)15(13)10-23-19)21-22-18(9-20(25-21)32(3,28)29)30-16-6-4-5-7-17(16)31-22/h8-11,16-17H,4-7H2,1-3H3,(H,23,24,27). The van der Waals surface area contributed by atoms with E-state index in [9.17, 15) is 13.2 Å². The summed E-state index contributed by atoms with van der Waals surface area (Å²) in [6.45, 7) is 1.41. The molecule has 5 rings (SSSR count). The Morgan fingerprint density at radius 3 is 2.59 bits per heavy atom. The lowest BCUT2D eigenvalue weighted by molar-refractivity contribution is -0.114. The van der Waals surface area contributed by atoms with Crippen molar-refractivity contribution in [1.29, 1.82) is 0 Å². The first-order valence-electron chi connectivity index (χ1n) is 10.5. The summed E-state index contributed by atoms with van der Waals surface area (Å²) in [6, 6.07) is 3.20.